The van der Waals surface area contributed by atoms with Crippen LogP contribution in [0.1, 0.15) is 37.5 Å². The largest absolute Gasteiger partial charge is 0.353 e. The highest BCUT2D eigenvalue weighted by Gasteiger charge is 2.18. The van der Waals surface area contributed by atoms with Crippen molar-refractivity contribution in [2.75, 3.05) is 7.05 Å². The van der Waals surface area contributed by atoms with Gasteiger partial charge in [0.2, 0.25) is 5.91 Å². The third kappa shape index (κ3) is 4.67. The molecule has 1 rings (SSSR count). The van der Waals surface area contributed by atoms with Crippen LogP contribution in [0.25, 0.3) is 0 Å². The number of hydrogen-bond donors (Lipinski definition) is 1. The molecule has 0 saturated carbocycles. The Morgan fingerprint density at radius 2 is 1.89 bits per heavy atom. The Morgan fingerprint density at radius 3 is 2.42 bits per heavy atom. The van der Waals surface area contributed by atoms with Gasteiger partial charge in [-0.1, -0.05) is 23.8 Å². The summed E-state index contributed by atoms with van der Waals surface area (Å²) >= 11 is 0. The molecule has 19 heavy (non-hydrogen) atoms. The second kappa shape index (κ2) is 6.71. The molecule has 3 nitrogen and oxygen atoms in total. The van der Waals surface area contributed by atoms with E-state index in [4.69, 9.17) is 0 Å². The van der Waals surface area contributed by atoms with E-state index in [9.17, 15) is 4.79 Å². The van der Waals surface area contributed by atoms with Crippen molar-refractivity contribution in [3.8, 4) is 0 Å². The van der Waals surface area contributed by atoms with E-state index in [-0.39, 0.29) is 18.0 Å². The minimum Gasteiger partial charge on any atom is -0.353 e. The predicted octanol–water partition coefficient (Wildman–Crippen LogP) is 2.65. The van der Waals surface area contributed by atoms with E-state index < -0.39 is 0 Å². The van der Waals surface area contributed by atoms with Crippen molar-refractivity contribution >= 4 is 5.91 Å². The van der Waals surface area contributed by atoms with Gasteiger partial charge in [0.15, 0.2) is 0 Å². The SMILES string of the molecule is Cc1ccc(CN(C)[C@H](C)C(=O)NC(C)C)c(C)c1. The fraction of sp³-hybridized carbons (Fsp3) is 0.562. The fourth-order valence-corrected chi connectivity index (χ4v) is 2.03. The third-order valence-corrected chi connectivity index (χ3v) is 3.39. The van der Waals surface area contributed by atoms with E-state index in [2.05, 4.69) is 42.3 Å². The molecule has 0 aliphatic rings. The number of amides is 1. The van der Waals surface area contributed by atoms with Gasteiger partial charge in [0.05, 0.1) is 6.04 Å². The molecule has 0 aliphatic heterocycles. The van der Waals surface area contributed by atoms with Gasteiger partial charge in [-0.05, 0) is 52.8 Å². The molecule has 0 aromatic heterocycles. The molecule has 0 radical (unpaired) electrons. The molecule has 3 heteroatoms. The Hall–Kier alpha value is -1.35. The summed E-state index contributed by atoms with van der Waals surface area (Å²) in [6.45, 7) is 10.9. The average molecular weight is 262 g/mol. The molecule has 0 aliphatic carbocycles. The molecule has 1 aromatic carbocycles. The molecule has 0 saturated heterocycles. The van der Waals surface area contributed by atoms with Crippen LogP contribution in [0.4, 0.5) is 0 Å². The molecule has 0 unspecified atom stereocenters. The van der Waals surface area contributed by atoms with Crippen molar-refractivity contribution in [3.63, 3.8) is 0 Å². The van der Waals surface area contributed by atoms with Crippen molar-refractivity contribution < 1.29 is 4.79 Å². The topological polar surface area (TPSA) is 32.3 Å². The molecule has 1 aromatic rings. The summed E-state index contributed by atoms with van der Waals surface area (Å²) in [6, 6.07) is 6.51. The van der Waals surface area contributed by atoms with Gasteiger partial charge in [-0.2, -0.15) is 0 Å². The lowest BCUT2D eigenvalue weighted by Crippen LogP contribution is -2.45. The number of carbonyl (C=O) groups is 1. The maximum atomic E-state index is 12.0. The predicted molar refractivity (Wildman–Crippen MR) is 80.1 cm³/mol. The zero-order valence-electron chi connectivity index (χ0n) is 12.9. The van der Waals surface area contributed by atoms with Crippen molar-refractivity contribution in [3.05, 3.63) is 34.9 Å². The van der Waals surface area contributed by atoms with Gasteiger partial charge in [0.1, 0.15) is 0 Å². The lowest BCUT2D eigenvalue weighted by Gasteiger charge is -2.25. The lowest BCUT2D eigenvalue weighted by atomic mass is 10.0. The average Bonchev–Trinajstić information content (AvgIpc) is 2.30. The van der Waals surface area contributed by atoms with Gasteiger partial charge in [-0.25, -0.2) is 0 Å². The van der Waals surface area contributed by atoms with Gasteiger partial charge in [0.25, 0.3) is 0 Å². The van der Waals surface area contributed by atoms with Gasteiger partial charge in [-0.15, -0.1) is 0 Å². The number of hydrogen-bond acceptors (Lipinski definition) is 2. The quantitative estimate of drug-likeness (QED) is 0.885. The highest BCUT2D eigenvalue weighted by molar-refractivity contribution is 5.81. The molecule has 106 valence electrons. The molecule has 1 atom stereocenters. The fourth-order valence-electron chi connectivity index (χ4n) is 2.03. The van der Waals surface area contributed by atoms with Gasteiger partial charge in [-0.3, -0.25) is 9.69 Å². The first-order chi connectivity index (χ1) is 8.81. The van der Waals surface area contributed by atoms with Crippen molar-refractivity contribution in [1.82, 2.24) is 10.2 Å². The van der Waals surface area contributed by atoms with Crippen LogP contribution < -0.4 is 5.32 Å². The Kier molecular flexibility index (Phi) is 5.55. The van der Waals surface area contributed by atoms with Crippen molar-refractivity contribution in [2.24, 2.45) is 0 Å². The zero-order valence-corrected chi connectivity index (χ0v) is 12.9. The van der Waals surface area contributed by atoms with Gasteiger partial charge < -0.3 is 5.32 Å². The molecular weight excluding hydrogens is 236 g/mol. The smallest absolute Gasteiger partial charge is 0.237 e. The van der Waals surface area contributed by atoms with E-state index in [1.807, 2.05) is 27.8 Å². The standard InChI is InChI=1S/C16H26N2O/c1-11(2)17-16(19)14(5)18(6)10-15-8-7-12(3)9-13(15)4/h7-9,11,14H,10H2,1-6H3,(H,17,19)/t14-/m1/s1. The number of likely N-dealkylation sites (N-methyl/N-ethyl adjacent to an activating group) is 1. The lowest BCUT2D eigenvalue weighted by molar-refractivity contribution is -0.126. The molecule has 0 heterocycles. The van der Waals surface area contributed by atoms with Gasteiger partial charge in [0, 0.05) is 12.6 Å². The van der Waals surface area contributed by atoms with Crippen molar-refractivity contribution in [1.29, 1.82) is 0 Å². The van der Waals surface area contributed by atoms with Gasteiger partial charge >= 0.3 is 0 Å². The Morgan fingerprint density at radius 1 is 1.26 bits per heavy atom. The van der Waals surface area contributed by atoms with E-state index in [1.165, 1.54) is 16.7 Å². The van der Waals surface area contributed by atoms with Crippen LogP contribution >= 0.6 is 0 Å². The number of aryl methyl sites for hydroxylation is 2. The highest BCUT2D eigenvalue weighted by Crippen LogP contribution is 2.13. The summed E-state index contributed by atoms with van der Waals surface area (Å²) in [7, 11) is 1.99. The molecule has 0 bridgehead atoms. The van der Waals surface area contributed by atoms with Crippen LogP contribution in [-0.4, -0.2) is 29.9 Å². The Balaban J connectivity index is 2.68. The zero-order chi connectivity index (χ0) is 14.6. The second-order valence-electron chi connectivity index (χ2n) is 5.68. The third-order valence-electron chi connectivity index (χ3n) is 3.39. The minimum absolute atomic E-state index is 0.0854. The van der Waals surface area contributed by atoms with E-state index >= 15 is 0 Å². The summed E-state index contributed by atoms with van der Waals surface area (Å²) in [5.74, 6) is 0.0854. The Labute approximate surface area is 117 Å². The number of rotatable bonds is 5. The summed E-state index contributed by atoms with van der Waals surface area (Å²) in [5.41, 5.74) is 3.83. The number of nitrogens with zero attached hydrogens (tertiary/aromatic N) is 1. The number of carbonyl (C=O) groups excluding carboxylic acids is 1. The first-order valence-corrected chi connectivity index (χ1v) is 6.88. The number of benzene rings is 1. The monoisotopic (exact) mass is 262 g/mol. The van der Waals surface area contributed by atoms with Crippen LogP contribution in [0.3, 0.4) is 0 Å². The van der Waals surface area contributed by atoms with E-state index in [1.54, 1.807) is 0 Å². The van der Waals surface area contributed by atoms with E-state index in [0.29, 0.717) is 0 Å². The van der Waals surface area contributed by atoms with Crippen LogP contribution in [0.5, 0.6) is 0 Å². The first kappa shape index (κ1) is 15.7. The summed E-state index contributed by atoms with van der Waals surface area (Å²) in [4.78, 5) is 14.1. The molecule has 0 fully saturated rings. The molecule has 1 N–H and O–H groups in total. The normalized spacial score (nSPS) is 12.8. The highest BCUT2D eigenvalue weighted by atomic mass is 16.2. The number of nitrogens with one attached hydrogen (secondary N) is 1. The van der Waals surface area contributed by atoms with Crippen molar-refractivity contribution in [2.45, 2.75) is 53.2 Å². The van der Waals surface area contributed by atoms with Crippen LogP contribution in [0.15, 0.2) is 18.2 Å². The first-order valence-electron chi connectivity index (χ1n) is 6.88. The second-order valence-corrected chi connectivity index (χ2v) is 5.68. The summed E-state index contributed by atoms with van der Waals surface area (Å²) < 4.78 is 0. The van der Waals surface area contributed by atoms with E-state index in [0.717, 1.165) is 6.54 Å². The molecular formula is C16H26N2O. The molecule has 1 amide bonds. The minimum atomic E-state index is -0.122. The Bertz CT molecular complexity index is 440. The van der Waals surface area contributed by atoms with Crippen LogP contribution in [-0.2, 0) is 11.3 Å². The maximum Gasteiger partial charge on any atom is 0.237 e. The maximum absolute atomic E-state index is 12.0. The summed E-state index contributed by atoms with van der Waals surface area (Å²) in [6.07, 6.45) is 0. The molecule has 0 spiro atoms. The van der Waals surface area contributed by atoms with Crippen LogP contribution in [0, 0.1) is 13.8 Å². The van der Waals surface area contributed by atoms with Crippen LogP contribution in [0.2, 0.25) is 0 Å². The summed E-state index contributed by atoms with van der Waals surface area (Å²) in [5, 5.41) is 2.95.